The Hall–Kier alpha value is -3.20. The summed E-state index contributed by atoms with van der Waals surface area (Å²) in [6.07, 6.45) is 1.71. The zero-order chi connectivity index (χ0) is 19.9. The van der Waals surface area contributed by atoms with Gasteiger partial charge in [0.05, 0.1) is 39.0 Å². The lowest BCUT2D eigenvalue weighted by Gasteiger charge is -2.17. The number of aliphatic hydroxyl groups is 1. The number of hydrogen-bond donors (Lipinski definition) is 1. The number of benzene rings is 2. The van der Waals surface area contributed by atoms with Crippen LogP contribution in [0.25, 0.3) is 28.1 Å². The summed E-state index contributed by atoms with van der Waals surface area (Å²) in [5, 5.41) is 19.9. The molecule has 6 heteroatoms. The molecule has 0 saturated heterocycles. The number of hydrogen-bond acceptors (Lipinski definition) is 4. The van der Waals surface area contributed by atoms with E-state index in [9.17, 15) is 5.11 Å². The fourth-order valence-corrected chi connectivity index (χ4v) is 3.29. The van der Waals surface area contributed by atoms with E-state index in [4.69, 9.17) is 21.8 Å². The van der Waals surface area contributed by atoms with E-state index in [1.165, 1.54) is 0 Å². The van der Waals surface area contributed by atoms with Crippen LogP contribution in [0.5, 0.6) is 0 Å². The molecular weight excluding hydrogens is 372 g/mol. The van der Waals surface area contributed by atoms with E-state index >= 15 is 0 Å². The van der Waals surface area contributed by atoms with Gasteiger partial charge in [0.25, 0.3) is 0 Å². The smallest absolute Gasteiger partial charge is 0.139 e. The first kappa shape index (κ1) is 18.2. The monoisotopic (exact) mass is 388 g/mol. The lowest BCUT2D eigenvalue weighted by molar-refractivity contribution is 0.0787. The summed E-state index contributed by atoms with van der Waals surface area (Å²) in [4.78, 5) is 9.18. The first-order valence-electron chi connectivity index (χ1n) is 8.74. The third-order valence-corrected chi connectivity index (χ3v) is 4.94. The fourth-order valence-electron chi connectivity index (χ4n) is 3.07. The van der Waals surface area contributed by atoms with E-state index in [-0.39, 0.29) is 0 Å². The molecule has 0 bridgehead atoms. The van der Waals surface area contributed by atoms with Crippen molar-refractivity contribution >= 4 is 22.6 Å². The standard InChI is InChI=1S/C22H17ClN4O/c1-22(2,28)15-7-9-20-19(11-15)25-13-27(20)21-5-3-4-18(26-21)16-10-14(12-24)6-8-17(16)23/h3-11,13,28H,1-2H3. The summed E-state index contributed by atoms with van der Waals surface area (Å²) >= 11 is 6.33. The van der Waals surface area contributed by atoms with Crippen molar-refractivity contribution in [1.82, 2.24) is 14.5 Å². The molecule has 0 aliphatic heterocycles. The van der Waals surface area contributed by atoms with Gasteiger partial charge in [-0.25, -0.2) is 9.97 Å². The van der Waals surface area contributed by atoms with Gasteiger partial charge in [0.15, 0.2) is 0 Å². The summed E-state index contributed by atoms with van der Waals surface area (Å²) in [6.45, 7) is 3.49. The molecule has 0 aliphatic carbocycles. The molecule has 0 radical (unpaired) electrons. The van der Waals surface area contributed by atoms with Crippen molar-refractivity contribution in [2.45, 2.75) is 19.4 Å². The maximum absolute atomic E-state index is 10.2. The molecule has 0 atom stereocenters. The van der Waals surface area contributed by atoms with Crippen molar-refractivity contribution in [3.63, 3.8) is 0 Å². The minimum absolute atomic E-state index is 0.527. The van der Waals surface area contributed by atoms with Gasteiger partial charge in [0.2, 0.25) is 0 Å². The first-order valence-corrected chi connectivity index (χ1v) is 9.12. The van der Waals surface area contributed by atoms with Crippen LogP contribution in [0.1, 0.15) is 25.0 Å². The molecule has 4 aromatic rings. The van der Waals surface area contributed by atoms with E-state index in [1.807, 2.05) is 41.0 Å². The largest absolute Gasteiger partial charge is 0.386 e. The third kappa shape index (κ3) is 3.24. The first-order chi connectivity index (χ1) is 13.4. The summed E-state index contributed by atoms with van der Waals surface area (Å²) in [5.74, 6) is 0.689. The molecule has 2 heterocycles. The Labute approximate surface area is 167 Å². The van der Waals surface area contributed by atoms with Gasteiger partial charge in [0, 0.05) is 5.56 Å². The van der Waals surface area contributed by atoms with Crippen LogP contribution in [0.15, 0.2) is 60.9 Å². The van der Waals surface area contributed by atoms with Gasteiger partial charge in [-0.2, -0.15) is 5.26 Å². The normalized spacial score (nSPS) is 11.5. The lowest BCUT2D eigenvalue weighted by Crippen LogP contribution is -2.15. The van der Waals surface area contributed by atoms with Crippen LogP contribution in [0.4, 0.5) is 0 Å². The number of imidazole rings is 1. The molecular formula is C22H17ClN4O. The molecule has 5 nitrogen and oxygen atoms in total. The third-order valence-electron chi connectivity index (χ3n) is 4.61. The van der Waals surface area contributed by atoms with Gasteiger partial charge in [0.1, 0.15) is 12.1 Å². The Morgan fingerprint density at radius 1 is 1.11 bits per heavy atom. The highest BCUT2D eigenvalue weighted by atomic mass is 35.5. The van der Waals surface area contributed by atoms with E-state index in [1.54, 1.807) is 38.4 Å². The van der Waals surface area contributed by atoms with E-state index in [0.29, 0.717) is 27.7 Å². The van der Waals surface area contributed by atoms with Gasteiger partial charge < -0.3 is 5.11 Å². The highest BCUT2D eigenvalue weighted by Crippen LogP contribution is 2.29. The molecule has 28 heavy (non-hydrogen) atoms. The zero-order valence-corrected chi connectivity index (χ0v) is 16.1. The molecule has 0 unspecified atom stereocenters. The second kappa shape index (κ2) is 6.75. The summed E-state index contributed by atoms with van der Waals surface area (Å²) in [5.41, 5.74) is 3.43. The van der Waals surface area contributed by atoms with Gasteiger partial charge >= 0.3 is 0 Å². The Morgan fingerprint density at radius 3 is 2.68 bits per heavy atom. The molecule has 2 aromatic carbocycles. The van der Waals surface area contributed by atoms with Crippen LogP contribution in [-0.2, 0) is 5.60 Å². The molecule has 0 spiro atoms. The van der Waals surface area contributed by atoms with Gasteiger partial charge in [-0.1, -0.05) is 23.7 Å². The quantitative estimate of drug-likeness (QED) is 0.545. The van der Waals surface area contributed by atoms with Crippen molar-refractivity contribution in [2.24, 2.45) is 0 Å². The Balaban J connectivity index is 1.82. The van der Waals surface area contributed by atoms with Gasteiger partial charge in [-0.3, -0.25) is 4.57 Å². The van der Waals surface area contributed by atoms with Crippen LogP contribution < -0.4 is 0 Å². The minimum atomic E-state index is -0.932. The molecule has 0 aliphatic rings. The molecule has 0 fully saturated rings. The highest BCUT2D eigenvalue weighted by Gasteiger charge is 2.17. The number of fused-ring (bicyclic) bond motifs is 1. The molecule has 4 rings (SSSR count). The number of nitriles is 1. The second-order valence-corrected chi connectivity index (χ2v) is 7.47. The van der Waals surface area contributed by atoms with Crippen molar-refractivity contribution in [1.29, 1.82) is 5.26 Å². The Morgan fingerprint density at radius 2 is 1.93 bits per heavy atom. The van der Waals surface area contributed by atoms with Crippen LogP contribution in [0.3, 0.4) is 0 Å². The molecule has 1 N–H and O–H groups in total. The number of nitrogens with zero attached hydrogens (tertiary/aromatic N) is 4. The molecule has 2 aromatic heterocycles. The SMILES string of the molecule is CC(C)(O)c1ccc2c(c1)ncn2-c1cccc(-c2cc(C#N)ccc2Cl)n1. The fraction of sp³-hybridized carbons (Fsp3) is 0.136. The van der Waals surface area contributed by atoms with Crippen LogP contribution in [0.2, 0.25) is 5.02 Å². The van der Waals surface area contributed by atoms with E-state index in [2.05, 4.69) is 11.1 Å². The van der Waals surface area contributed by atoms with E-state index in [0.717, 1.165) is 16.6 Å². The zero-order valence-electron chi connectivity index (χ0n) is 15.4. The number of pyridine rings is 1. The van der Waals surface area contributed by atoms with Crippen molar-refractivity contribution in [2.75, 3.05) is 0 Å². The summed E-state index contributed by atoms with van der Waals surface area (Å²) in [6, 6.07) is 18.6. The minimum Gasteiger partial charge on any atom is -0.386 e. The second-order valence-electron chi connectivity index (χ2n) is 7.06. The van der Waals surface area contributed by atoms with Crippen LogP contribution in [0, 0.1) is 11.3 Å². The Bertz CT molecular complexity index is 1230. The highest BCUT2D eigenvalue weighted by molar-refractivity contribution is 6.33. The maximum Gasteiger partial charge on any atom is 0.139 e. The summed E-state index contributed by atoms with van der Waals surface area (Å²) in [7, 11) is 0. The average molecular weight is 389 g/mol. The van der Waals surface area contributed by atoms with Crippen molar-refractivity contribution < 1.29 is 5.11 Å². The Kier molecular flexibility index (Phi) is 4.38. The lowest BCUT2D eigenvalue weighted by atomic mass is 9.98. The predicted molar refractivity (Wildman–Crippen MR) is 109 cm³/mol. The molecule has 0 saturated carbocycles. The topological polar surface area (TPSA) is 74.7 Å². The number of rotatable bonds is 3. The van der Waals surface area contributed by atoms with Crippen LogP contribution in [-0.4, -0.2) is 19.6 Å². The summed E-state index contributed by atoms with van der Waals surface area (Å²) < 4.78 is 1.88. The number of aromatic nitrogens is 3. The van der Waals surface area contributed by atoms with Crippen LogP contribution >= 0.6 is 11.6 Å². The number of halogens is 1. The maximum atomic E-state index is 10.2. The molecule has 138 valence electrons. The van der Waals surface area contributed by atoms with Gasteiger partial charge in [-0.05, 0) is 61.9 Å². The van der Waals surface area contributed by atoms with Gasteiger partial charge in [-0.15, -0.1) is 0 Å². The van der Waals surface area contributed by atoms with E-state index < -0.39 is 5.60 Å². The predicted octanol–water partition coefficient (Wildman–Crippen LogP) is 4.84. The molecule has 0 amide bonds. The van der Waals surface area contributed by atoms with Crippen molar-refractivity contribution in [3.05, 3.63) is 77.1 Å². The van der Waals surface area contributed by atoms with Crippen molar-refractivity contribution in [3.8, 4) is 23.1 Å². The average Bonchev–Trinajstić information content (AvgIpc) is 3.11.